The molecule has 1 aromatic carbocycles. The highest BCUT2D eigenvalue weighted by atomic mass is 16.5. The van der Waals surface area contributed by atoms with Gasteiger partial charge < -0.3 is 15.2 Å². The lowest BCUT2D eigenvalue weighted by atomic mass is 10.0. The van der Waals surface area contributed by atoms with Crippen LogP contribution in [-0.4, -0.2) is 24.7 Å². The van der Waals surface area contributed by atoms with Crippen LogP contribution in [0.25, 0.3) is 0 Å². The minimum absolute atomic E-state index is 0.121. The van der Waals surface area contributed by atoms with Gasteiger partial charge in [-0.1, -0.05) is 38.7 Å². The van der Waals surface area contributed by atoms with Gasteiger partial charge in [-0.05, 0) is 37.6 Å². The smallest absolute Gasteiger partial charge is 0.320 e. The van der Waals surface area contributed by atoms with E-state index in [9.17, 15) is 9.90 Å². The van der Waals surface area contributed by atoms with E-state index < -0.39 is 0 Å². The Morgan fingerprint density at radius 2 is 2.00 bits per heavy atom. The van der Waals surface area contributed by atoms with E-state index in [1.54, 1.807) is 13.1 Å². The molecule has 0 saturated carbocycles. The zero-order valence-electron chi connectivity index (χ0n) is 13.2. The molecule has 2 N–H and O–H groups in total. The first-order chi connectivity index (χ1) is 10.2. The number of aryl methyl sites for hydroxylation is 1. The van der Waals surface area contributed by atoms with Crippen LogP contribution in [0.5, 0.6) is 5.75 Å². The predicted molar refractivity (Wildman–Crippen MR) is 84.3 cm³/mol. The first-order valence-electron chi connectivity index (χ1n) is 7.78. The van der Waals surface area contributed by atoms with Crippen LogP contribution in [-0.2, 0) is 22.6 Å². The maximum Gasteiger partial charge on any atom is 0.320 e. The monoisotopic (exact) mass is 293 g/mol. The van der Waals surface area contributed by atoms with Gasteiger partial charge in [-0.15, -0.1) is 0 Å². The van der Waals surface area contributed by atoms with Crippen LogP contribution in [0.4, 0.5) is 0 Å². The number of aromatic hydroxyl groups is 1. The number of carbonyl (C=O) groups is 1. The van der Waals surface area contributed by atoms with Gasteiger partial charge in [0.05, 0.1) is 6.54 Å². The number of hydrogen-bond acceptors (Lipinski definition) is 4. The highest BCUT2D eigenvalue weighted by Gasteiger charge is 2.07. The second kappa shape index (κ2) is 10.2. The molecule has 21 heavy (non-hydrogen) atoms. The molecule has 0 aliphatic rings. The van der Waals surface area contributed by atoms with E-state index in [0.717, 1.165) is 12.8 Å². The zero-order valence-corrected chi connectivity index (χ0v) is 13.2. The van der Waals surface area contributed by atoms with Crippen molar-refractivity contribution in [1.29, 1.82) is 0 Å². The third-order valence-electron chi connectivity index (χ3n) is 3.42. The van der Waals surface area contributed by atoms with Crippen molar-refractivity contribution in [3.8, 4) is 5.75 Å². The van der Waals surface area contributed by atoms with Gasteiger partial charge >= 0.3 is 5.97 Å². The Hall–Kier alpha value is -1.55. The third-order valence-corrected chi connectivity index (χ3v) is 3.42. The van der Waals surface area contributed by atoms with Gasteiger partial charge in [0.15, 0.2) is 0 Å². The zero-order chi connectivity index (χ0) is 15.5. The van der Waals surface area contributed by atoms with Gasteiger partial charge in [-0.25, -0.2) is 0 Å². The van der Waals surface area contributed by atoms with Crippen LogP contribution in [0.1, 0.15) is 50.2 Å². The van der Waals surface area contributed by atoms with E-state index in [4.69, 9.17) is 4.74 Å². The number of unbranched alkanes of at least 4 members (excludes halogenated alkanes) is 4. The molecular weight excluding hydrogens is 266 g/mol. The summed E-state index contributed by atoms with van der Waals surface area (Å²) in [5, 5.41) is 12.5. The molecule has 1 rings (SSSR count). The Labute approximate surface area is 127 Å². The number of carbonyl (C=O) groups excluding carboxylic acids is 1. The number of rotatable bonds is 10. The molecule has 0 amide bonds. The quantitative estimate of drug-likeness (QED) is 0.514. The number of likely N-dealkylation sites (N-methyl/N-ethyl adjacent to an activating group) is 1. The van der Waals surface area contributed by atoms with Crippen molar-refractivity contribution >= 4 is 5.97 Å². The fourth-order valence-corrected chi connectivity index (χ4v) is 2.20. The molecule has 0 spiro atoms. The summed E-state index contributed by atoms with van der Waals surface area (Å²) in [4.78, 5) is 11.3. The number of ether oxygens (including phenoxy) is 1. The van der Waals surface area contributed by atoms with Crippen molar-refractivity contribution < 1.29 is 14.6 Å². The number of benzene rings is 1. The maximum absolute atomic E-state index is 11.3. The number of hydrogen-bond donors (Lipinski definition) is 2. The average molecular weight is 293 g/mol. The van der Waals surface area contributed by atoms with Crippen molar-refractivity contribution in [3.05, 3.63) is 29.3 Å². The van der Waals surface area contributed by atoms with E-state index in [1.165, 1.54) is 31.2 Å². The minimum Gasteiger partial charge on any atom is -0.508 e. The van der Waals surface area contributed by atoms with Crippen LogP contribution in [0.3, 0.4) is 0 Å². The van der Waals surface area contributed by atoms with Crippen LogP contribution in [0.15, 0.2) is 18.2 Å². The summed E-state index contributed by atoms with van der Waals surface area (Å²) in [6.45, 7) is 2.51. The lowest BCUT2D eigenvalue weighted by Gasteiger charge is -2.09. The molecule has 118 valence electrons. The SMILES string of the molecule is CCCCCCCc1ccc(O)c(COC(=O)CNC)c1. The van der Waals surface area contributed by atoms with Gasteiger partial charge in [-0.3, -0.25) is 4.79 Å². The summed E-state index contributed by atoms with van der Waals surface area (Å²) in [7, 11) is 1.69. The molecule has 0 radical (unpaired) electrons. The molecule has 0 unspecified atom stereocenters. The van der Waals surface area contributed by atoms with Gasteiger partial charge in [0.1, 0.15) is 12.4 Å². The minimum atomic E-state index is -0.318. The Balaban J connectivity index is 2.45. The molecule has 0 bridgehead atoms. The summed E-state index contributed by atoms with van der Waals surface area (Å²) in [6, 6.07) is 5.55. The normalized spacial score (nSPS) is 10.6. The Morgan fingerprint density at radius 1 is 1.24 bits per heavy atom. The molecular formula is C17H27NO3. The molecule has 4 nitrogen and oxygen atoms in total. The molecule has 0 fully saturated rings. The number of phenolic OH excluding ortho intramolecular Hbond substituents is 1. The molecule has 0 aromatic heterocycles. The van der Waals surface area contributed by atoms with Crippen LogP contribution >= 0.6 is 0 Å². The van der Waals surface area contributed by atoms with E-state index in [0.29, 0.717) is 5.56 Å². The third kappa shape index (κ3) is 7.14. The second-order valence-electron chi connectivity index (χ2n) is 5.32. The van der Waals surface area contributed by atoms with E-state index in [-0.39, 0.29) is 24.9 Å². The van der Waals surface area contributed by atoms with Crippen molar-refractivity contribution in [3.63, 3.8) is 0 Å². The number of esters is 1. The summed E-state index contributed by atoms with van der Waals surface area (Å²) < 4.78 is 5.10. The summed E-state index contributed by atoms with van der Waals surface area (Å²) in [5.41, 5.74) is 1.86. The number of nitrogens with one attached hydrogen (secondary N) is 1. The molecule has 0 aliphatic heterocycles. The van der Waals surface area contributed by atoms with E-state index in [2.05, 4.69) is 12.2 Å². The highest BCUT2D eigenvalue weighted by Crippen LogP contribution is 2.21. The van der Waals surface area contributed by atoms with Crippen molar-refractivity contribution in [1.82, 2.24) is 5.32 Å². The Morgan fingerprint density at radius 3 is 2.71 bits per heavy atom. The topological polar surface area (TPSA) is 58.6 Å². The maximum atomic E-state index is 11.3. The second-order valence-corrected chi connectivity index (χ2v) is 5.32. The molecule has 4 heteroatoms. The summed E-state index contributed by atoms with van der Waals surface area (Å²) >= 11 is 0. The molecule has 0 heterocycles. The van der Waals surface area contributed by atoms with Gasteiger partial charge in [-0.2, -0.15) is 0 Å². The Kier molecular flexibility index (Phi) is 8.51. The molecule has 0 aliphatic carbocycles. The molecule has 0 saturated heterocycles. The fourth-order valence-electron chi connectivity index (χ4n) is 2.20. The van der Waals surface area contributed by atoms with Crippen molar-refractivity contribution in [2.24, 2.45) is 0 Å². The highest BCUT2D eigenvalue weighted by molar-refractivity contribution is 5.71. The largest absolute Gasteiger partial charge is 0.508 e. The summed E-state index contributed by atoms with van der Waals surface area (Å²) in [6.07, 6.45) is 7.22. The first kappa shape index (κ1) is 17.5. The van der Waals surface area contributed by atoms with E-state index in [1.807, 2.05) is 12.1 Å². The van der Waals surface area contributed by atoms with Crippen molar-refractivity contribution in [2.75, 3.05) is 13.6 Å². The van der Waals surface area contributed by atoms with E-state index >= 15 is 0 Å². The van der Waals surface area contributed by atoms with Crippen LogP contribution < -0.4 is 5.32 Å². The van der Waals surface area contributed by atoms with Crippen LogP contribution in [0, 0.1) is 0 Å². The molecule has 1 aromatic rings. The van der Waals surface area contributed by atoms with Gasteiger partial charge in [0.2, 0.25) is 0 Å². The Bertz CT molecular complexity index is 432. The standard InChI is InChI=1S/C17H27NO3/c1-3-4-5-6-7-8-14-9-10-16(19)15(11-14)13-21-17(20)12-18-2/h9-11,18-19H,3-8,12-13H2,1-2H3. The predicted octanol–water partition coefficient (Wildman–Crippen LogP) is 3.17. The fraction of sp³-hybridized carbons (Fsp3) is 0.588. The lowest BCUT2D eigenvalue weighted by Crippen LogP contribution is -2.20. The first-order valence-corrected chi connectivity index (χ1v) is 7.78. The summed E-state index contributed by atoms with van der Waals surface area (Å²) in [5.74, 6) is -0.135. The van der Waals surface area contributed by atoms with Crippen LogP contribution in [0.2, 0.25) is 0 Å². The number of phenols is 1. The lowest BCUT2D eigenvalue weighted by molar-refractivity contribution is -0.143. The van der Waals surface area contributed by atoms with Gasteiger partial charge in [0.25, 0.3) is 0 Å². The van der Waals surface area contributed by atoms with Gasteiger partial charge in [0, 0.05) is 5.56 Å². The average Bonchev–Trinajstić information content (AvgIpc) is 2.47. The molecule has 0 atom stereocenters. The van der Waals surface area contributed by atoms with Crippen molar-refractivity contribution in [2.45, 2.75) is 52.1 Å².